The standard InChI is InChI=1S/C18H14BrNO4/c1-2-20-15-8-5-12(17(21)22)10-14(15)16(24-18(20)23)9-11-3-6-13(19)7-4-11/h3-10H,2H2,1H3,(H,21,22)/b16-9-. The molecule has 24 heavy (non-hydrogen) atoms. The van der Waals surface area contributed by atoms with Crippen LogP contribution in [0, 0.1) is 0 Å². The summed E-state index contributed by atoms with van der Waals surface area (Å²) in [6.45, 7) is 2.27. The molecule has 6 heteroatoms. The van der Waals surface area contributed by atoms with Gasteiger partial charge in [0.2, 0.25) is 0 Å². The maximum Gasteiger partial charge on any atom is 0.419 e. The van der Waals surface area contributed by atoms with Gasteiger partial charge in [-0.2, -0.15) is 0 Å². The number of halogens is 1. The summed E-state index contributed by atoms with van der Waals surface area (Å²) in [5, 5.41) is 9.22. The lowest BCUT2D eigenvalue weighted by atomic mass is 10.0. The second kappa shape index (κ2) is 6.49. The molecule has 0 aliphatic carbocycles. The maximum atomic E-state index is 12.2. The van der Waals surface area contributed by atoms with Crippen LogP contribution in [-0.4, -0.2) is 23.7 Å². The zero-order valence-corrected chi connectivity index (χ0v) is 14.4. The van der Waals surface area contributed by atoms with Crippen LogP contribution >= 0.6 is 15.9 Å². The molecule has 1 aliphatic heterocycles. The first-order valence-corrected chi connectivity index (χ1v) is 8.13. The number of ether oxygens (including phenoxy) is 1. The van der Waals surface area contributed by atoms with Crippen molar-refractivity contribution in [2.75, 3.05) is 11.4 Å². The predicted octanol–water partition coefficient (Wildman–Crippen LogP) is 4.62. The highest BCUT2D eigenvalue weighted by atomic mass is 79.9. The van der Waals surface area contributed by atoms with Crippen LogP contribution in [0.2, 0.25) is 0 Å². The smallest absolute Gasteiger partial charge is 0.419 e. The average Bonchev–Trinajstić information content (AvgIpc) is 2.56. The second-order valence-electron chi connectivity index (χ2n) is 5.21. The molecule has 0 fully saturated rings. The first kappa shape index (κ1) is 16.3. The topological polar surface area (TPSA) is 66.8 Å². The van der Waals surface area contributed by atoms with Gasteiger partial charge in [0.05, 0.1) is 11.3 Å². The van der Waals surface area contributed by atoms with Gasteiger partial charge in [0.15, 0.2) is 0 Å². The second-order valence-corrected chi connectivity index (χ2v) is 6.13. The number of amides is 1. The number of hydrogen-bond donors (Lipinski definition) is 1. The summed E-state index contributed by atoms with van der Waals surface area (Å²) in [7, 11) is 0. The average molecular weight is 388 g/mol. The van der Waals surface area contributed by atoms with Crippen molar-refractivity contribution in [3.8, 4) is 0 Å². The van der Waals surface area contributed by atoms with E-state index in [4.69, 9.17) is 4.74 Å². The number of fused-ring (bicyclic) bond motifs is 1. The molecule has 0 radical (unpaired) electrons. The Hall–Kier alpha value is -2.60. The normalized spacial score (nSPS) is 15.2. The van der Waals surface area contributed by atoms with Gasteiger partial charge in [-0.3, -0.25) is 4.90 Å². The largest absolute Gasteiger partial charge is 0.478 e. The van der Waals surface area contributed by atoms with Crippen molar-refractivity contribution < 1.29 is 19.4 Å². The first-order valence-electron chi connectivity index (χ1n) is 7.34. The maximum absolute atomic E-state index is 12.2. The van der Waals surface area contributed by atoms with Crippen molar-refractivity contribution in [1.82, 2.24) is 0 Å². The highest BCUT2D eigenvalue weighted by Gasteiger charge is 2.29. The molecule has 0 unspecified atom stereocenters. The molecule has 0 bridgehead atoms. The number of anilines is 1. The third-order valence-electron chi connectivity index (χ3n) is 3.70. The quantitative estimate of drug-likeness (QED) is 0.833. The molecule has 0 saturated carbocycles. The van der Waals surface area contributed by atoms with Gasteiger partial charge >= 0.3 is 12.1 Å². The molecule has 0 atom stereocenters. The van der Waals surface area contributed by atoms with Gasteiger partial charge in [-0.15, -0.1) is 0 Å². The molecule has 1 heterocycles. The molecule has 2 aromatic carbocycles. The fraction of sp³-hybridized carbons (Fsp3) is 0.111. The van der Waals surface area contributed by atoms with Gasteiger partial charge in [0.1, 0.15) is 5.76 Å². The van der Waals surface area contributed by atoms with Crippen molar-refractivity contribution in [3.05, 3.63) is 63.6 Å². The van der Waals surface area contributed by atoms with Crippen molar-refractivity contribution >= 4 is 45.5 Å². The third kappa shape index (κ3) is 3.05. The molecule has 1 N–H and O–H groups in total. The van der Waals surface area contributed by atoms with E-state index in [-0.39, 0.29) is 5.56 Å². The molecule has 1 aliphatic rings. The molecule has 0 aromatic heterocycles. The number of carbonyl (C=O) groups excluding carboxylic acids is 1. The van der Waals surface area contributed by atoms with Crippen LogP contribution in [-0.2, 0) is 4.74 Å². The van der Waals surface area contributed by atoms with E-state index in [1.54, 1.807) is 12.1 Å². The Morgan fingerprint density at radius 1 is 1.25 bits per heavy atom. The summed E-state index contributed by atoms with van der Waals surface area (Å²) in [4.78, 5) is 24.9. The Labute approximate surface area is 147 Å². The van der Waals surface area contributed by atoms with Crippen LogP contribution in [0.5, 0.6) is 0 Å². The summed E-state index contributed by atoms with van der Waals surface area (Å²) < 4.78 is 6.37. The Kier molecular flexibility index (Phi) is 4.40. The van der Waals surface area contributed by atoms with Gasteiger partial charge in [-0.25, -0.2) is 9.59 Å². The molecular formula is C18H14BrNO4. The van der Waals surface area contributed by atoms with Crippen molar-refractivity contribution in [1.29, 1.82) is 0 Å². The summed E-state index contributed by atoms with van der Waals surface area (Å²) >= 11 is 3.37. The molecule has 1 amide bonds. The van der Waals surface area contributed by atoms with Crippen LogP contribution in [0.25, 0.3) is 11.8 Å². The van der Waals surface area contributed by atoms with E-state index in [2.05, 4.69) is 15.9 Å². The van der Waals surface area contributed by atoms with Crippen LogP contribution in [0.3, 0.4) is 0 Å². The van der Waals surface area contributed by atoms with Gasteiger partial charge in [-0.1, -0.05) is 28.1 Å². The number of carbonyl (C=O) groups is 2. The minimum absolute atomic E-state index is 0.143. The summed E-state index contributed by atoms with van der Waals surface area (Å²) in [6, 6.07) is 12.2. The fourth-order valence-electron chi connectivity index (χ4n) is 2.52. The number of hydrogen-bond acceptors (Lipinski definition) is 3. The van der Waals surface area contributed by atoms with Crippen LogP contribution in [0.4, 0.5) is 10.5 Å². The molecule has 3 rings (SSSR count). The monoisotopic (exact) mass is 387 g/mol. The fourth-order valence-corrected chi connectivity index (χ4v) is 2.79. The zero-order valence-electron chi connectivity index (χ0n) is 12.8. The van der Waals surface area contributed by atoms with E-state index in [9.17, 15) is 14.7 Å². The van der Waals surface area contributed by atoms with E-state index < -0.39 is 12.1 Å². The Balaban J connectivity index is 2.14. The van der Waals surface area contributed by atoms with Crippen LogP contribution in [0.15, 0.2) is 46.9 Å². The number of carboxylic acids is 1. The third-order valence-corrected chi connectivity index (χ3v) is 4.23. The van der Waals surface area contributed by atoms with Crippen molar-refractivity contribution in [3.63, 3.8) is 0 Å². The van der Waals surface area contributed by atoms with Crippen LogP contribution < -0.4 is 4.90 Å². The van der Waals surface area contributed by atoms with E-state index >= 15 is 0 Å². The Morgan fingerprint density at radius 3 is 2.58 bits per heavy atom. The zero-order chi connectivity index (χ0) is 17.3. The highest BCUT2D eigenvalue weighted by molar-refractivity contribution is 9.10. The number of benzene rings is 2. The Morgan fingerprint density at radius 2 is 1.96 bits per heavy atom. The van der Waals surface area contributed by atoms with Gasteiger partial charge in [0, 0.05) is 16.6 Å². The number of aromatic carboxylic acids is 1. The van der Waals surface area contributed by atoms with Crippen LogP contribution in [0.1, 0.15) is 28.4 Å². The van der Waals surface area contributed by atoms with E-state index in [0.717, 1.165) is 10.0 Å². The SMILES string of the molecule is CCN1C(=O)O/C(=C\c2ccc(Br)cc2)c2cc(C(=O)O)ccc21. The molecule has 2 aromatic rings. The number of carboxylic acid groups (broad SMARTS) is 1. The highest BCUT2D eigenvalue weighted by Crippen LogP contribution is 2.36. The van der Waals surface area contributed by atoms with Crippen molar-refractivity contribution in [2.45, 2.75) is 6.92 Å². The predicted molar refractivity (Wildman–Crippen MR) is 94.9 cm³/mol. The lowest BCUT2D eigenvalue weighted by Gasteiger charge is -2.29. The number of nitrogens with zero attached hydrogens (tertiary/aromatic N) is 1. The number of cyclic esters (lactones) is 1. The summed E-state index contributed by atoms with van der Waals surface area (Å²) in [5.74, 6) is -0.689. The minimum atomic E-state index is -1.03. The van der Waals surface area contributed by atoms with Gasteiger partial charge in [0.25, 0.3) is 0 Å². The van der Waals surface area contributed by atoms with Gasteiger partial charge in [-0.05, 0) is 48.9 Å². The van der Waals surface area contributed by atoms with Crippen molar-refractivity contribution in [2.24, 2.45) is 0 Å². The molecule has 5 nitrogen and oxygen atoms in total. The Bertz CT molecular complexity index is 843. The van der Waals surface area contributed by atoms with E-state index in [1.807, 2.05) is 31.2 Å². The van der Waals surface area contributed by atoms with E-state index in [1.165, 1.54) is 17.0 Å². The molecular weight excluding hydrogens is 374 g/mol. The lowest BCUT2D eigenvalue weighted by molar-refractivity contribution is 0.0697. The van der Waals surface area contributed by atoms with Gasteiger partial charge < -0.3 is 9.84 Å². The molecule has 0 saturated heterocycles. The molecule has 0 spiro atoms. The minimum Gasteiger partial charge on any atom is -0.478 e. The van der Waals surface area contributed by atoms with E-state index in [0.29, 0.717) is 23.6 Å². The first-order chi connectivity index (χ1) is 11.5. The lowest BCUT2D eigenvalue weighted by Crippen LogP contribution is -2.35. The molecule has 122 valence electrons. The summed E-state index contributed by atoms with van der Waals surface area (Å²) in [6.07, 6.45) is 1.25. The number of rotatable bonds is 3. The summed E-state index contributed by atoms with van der Waals surface area (Å²) in [5.41, 5.74) is 2.21.